The molecule has 2 rings (SSSR count). The third-order valence-corrected chi connectivity index (χ3v) is 3.50. The Labute approximate surface area is 126 Å². The Kier molecular flexibility index (Phi) is 4.99. The third kappa shape index (κ3) is 2.96. The van der Waals surface area contributed by atoms with Gasteiger partial charge in [0.25, 0.3) is 0 Å². The predicted octanol–water partition coefficient (Wildman–Crippen LogP) is 3.29. The van der Waals surface area contributed by atoms with E-state index >= 15 is 0 Å². The van der Waals surface area contributed by atoms with E-state index in [9.17, 15) is 4.39 Å². The van der Waals surface area contributed by atoms with Crippen LogP contribution in [0.4, 0.5) is 4.39 Å². The summed E-state index contributed by atoms with van der Waals surface area (Å²) < 4.78 is 15.7. The number of halogens is 3. The topological polar surface area (TPSA) is 55.9 Å². The molecule has 2 aromatic rings. The van der Waals surface area contributed by atoms with E-state index in [0.29, 0.717) is 27.8 Å². The van der Waals surface area contributed by atoms with E-state index in [1.807, 2.05) is 6.92 Å². The first-order valence-corrected chi connectivity index (χ1v) is 6.96. The van der Waals surface area contributed by atoms with E-state index in [4.69, 9.17) is 29.0 Å². The lowest BCUT2D eigenvalue weighted by Crippen LogP contribution is -2.31. The number of aromatic nitrogens is 2. The number of nitrogens with one attached hydrogen (secondary N) is 1. The Morgan fingerprint density at radius 3 is 2.85 bits per heavy atom. The third-order valence-electron chi connectivity index (χ3n) is 2.98. The molecule has 0 radical (unpaired) electrons. The Bertz CT molecular complexity index is 600. The number of hydrogen-bond acceptors (Lipinski definition) is 3. The van der Waals surface area contributed by atoms with Gasteiger partial charge in [-0.2, -0.15) is 5.10 Å². The number of benzene rings is 1. The standard InChI is InChI=1S/C13H15Cl2FN4/c1-2-5-20-13(10(15)7-18-20)12(19-17)9-6-8(14)3-4-11(9)16/h3-4,6-7,12,19H,2,5,17H2,1H3. The highest BCUT2D eigenvalue weighted by molar-refractivity contribution is 6.31. The summed E-state index contributed by atoms with van der Waals surface area (Å²) >= 11 is 12.1. The average molecular weight is 317 g/mol. The molecule has 0 aliphatic carbocycles. The number of aryl methyl sites for hydroxylation is 1. The van der Waals surface area contributed by atoms with Crippen molar-refractivity contribution >= 4 is 23.2 Å². The van der Waals surface area contributed by atoms with Crippen LogP contribution in [-0.2, 0) is 6.54 Å². The van der Waals surface area contributed by atoms with Gasteiger partial charge in [0, 0.05) is 17.1 Å². The summed E-state index contributed by atoms with van der Waals surface area (Å²) in [4.78, 5) is 0. The smallest absolute Gasteiger partial charge is 0.128 e. The molecule has 4 nitrogen and oxygen atoms in total. The molecule has 0 fully saturated rings. The molecule has 1 aromatic carbocycles. The van der Waals surface area contributed by atoms with E-state index in [1.165, 1.54) is 24.4 Å². The molecule has 20 heavy (non-hydrogen) atoms. The van der Waals surface area contributed by atoms with Crippen molar-refractivity contribution in [3.8, 4) is 0 Å². The van der Waals surface area contributed by atoms with E-state index in [0.717, 1.165) is 6.42 Å². The Hall–Kier alpha value is -1.14. The maximum absolute atomic E-state index is 14.0. The lowest BCUT2D eigenvalue weighted by Gasteiger charge is -2.19. The summed E-state index contributed by atoms with van der Waals surface area (Å²) in [5.41, 5.74) is 3.54. The van der Waals surface area contributed by atoms with Crippen molar-refractivity contribution in [3.05, 3.63) is 51.5 Å². The lowest BCUT2D eigenvalue weighted by atomic mass is 10.0. The summed E-state index contributed by atoms with van der Waals surface area (Å²) in [6.45, 7) is 2.69. The van der Waals surface area contributed by atoms with Crippen molar-refractivity contribution in [1.82, 2.24) is 15.2 Å². The molecular weight excluding hydrogens is 302 g/mol. The molecular formula is C13H15Cl2FN4. The van der Waals surface area contributed by atoms with Crippen LogP contribution in [0.25, 0.3) is 0 Å². The van der Waals surface area contributed by atoms with E-state index in [2.05, 4.69) is 10.5 Å². The van der Waals surface area contributed by atoms with Gasteiger partial charge in [0.05, 0.1) is 23.0 Å². The first-order valence-electron chi connectivity index (χ1n) is 6.20. The van der Waals surface area contributed by atoms with Crippen LogP contribution in [0.3, 0.4) is 0 Å². The zero-order valence-corrected chi connectivity index (χ0v) is 12.4. The molecule has 0 aliphatic rings. The molecule has 1 heterocycles. The van der Waals surface area contributed by atoms with Gasteiger partial charge in [0.15, 0.2) is 0 Å². The summed E-state index contributed by atoms with van der Waals surface area (Å²) in [5.74, 6) is 5.18. The Morgan fingerprint density at radius 1 is 1.45 bits per heavy atom. The zero-order chi connectivity index (χ0) is 14.7. The lowest BCUT2D eigenvalue weighted by molar-refractivity contribution is 0.502. The van der Waals surface area contributed by atoms with E-state index in [-0.39, 0.29) is 0 Å². The summed E-state index contributed by atoms with van der Waals surface area (Å²) in [6, 6.07) is 3.70. The zero-order valence-electron chi connectivity index (χ0n) is 10.9. The quantitative estimate of drug-likeness (QED) is 0.657. The van der Waals surface area contributed by atoms with Crippen LogP contribution in [0.5, 0.6) is 0 Å². The largest absolute Gasteiger partial charge is 0.271 e. The second-order valence-corrected chi connectivity index (χ2v) is 5.21. The second kappa shape index (κ2) is 6.54. The first kappa shape index (κ1) is 15.3. The van der Waals surface area contributed by atoms with Crippen molar-refractivity contribution in [2.24, 2.45) is 5.84 Å². The van der Waals surface area contributed by atoms with Crippen LogP contribution in [0.15, 0.2) is 24.4 Å². The van der Waals surface area contributed by atoms with Gasteiger partial charge in [0.2, 0.25) is 0 Å². The van der Waals surface area contributed by atoms with Crippen molar-refractivity contribution < 1.29 is 4.39 Å². The molecule has 108 valence electrons. The normalized spacial score (nSPS) is 12.7. The van der Waals surface area contributed by atoms with Gasteiger partial charge in [-0.3, -0.25) is 10.5 Å². The van der Waals surface area contributed by atoms with E-state index in [1.54, 1.807) is 4.68 Å². The summed E-state index contributed by atoms with van der Waals surface area (Å²) in [6.07, 6.45) is 2.40. The van der Waals surface area contributed by atoms with Crippen molar-refractivity contribution in [3.63, 3.8) is 0 Å². The van der Waals surface area contributed by atoms with Gasteiger partial charge in [-0.05, 0) is 24.6 Å². The van der Waals surface area contributed by atoms with Gasteiger partial charge in [-0.1, -0.05) is 30.1 Å². The van der Waals surface area contributed by atoms with Crippen LogP contribution in [0.2, 0.25) is 10.0 Å². The minimum absolute atomic E-state index is 0.333. The maximum Gasteiger partial charge on any atom is 0.128 e. The summed E-state index contributed by atoms with van der Waals surface area (Å²) in [5, 5.41) is 5.05. The first-order chi connectivity index (χ1) is 9.58. The average Bonchev–Trinajstić information content (AvgIpc) is 2.77. The van der Waals surface area contributed by atoms with Crippen molar-refractivity contribution in [1.29, 1.82) is 0 Å². The Morgan fingerprint density at radius 2 is 2.20 bits per heavy atom. The molecule has 1 atom stereocenters. The summed E-state index contributed by atoms with van der Waals surface area (Å²) in [7, 11) is 0. The highest BCUT2D eigenvalue weighted by atomic mass is 35.5. The second-order valence-electron chi connectivity index (χ2n) is 4.37. The fourth-order valence-electron chi connectivity index (χ4n) is 2.10. The van der Waals surface area contributed by atoms with Crippen LogP contribution in [-0.4, -0.2) is 9.78 Å². The van der Waals surface area contributed by atoms with Crippen molar-refractivity contribution in [2.75, 3.05) is 0 Å². The fourth-order valence-corrected chi connectivity index (χ4v) is 2.53. The highest BCUT2D eigenvalue weighted by Gasteiger charge is 2.23. The van der Waals surface area contributed by atoms with Crippen LogP contribution < -0.4 is 11.3 Å². The highest BCUT2D eigenvalue weighted by Crippen LogP contribution is 2.30. The monoisotopic (exact) mass is 316 g/mol. The Balaban J connectivity index is 2.52. The SMILES string of the molecule is CCCn1ncc(Cl)c1C(NN)c1cc(Cl)ccc1F. The van der Waals surface area contributed by atoms with Gasteiger partial charge in [-0.15, -0.1) is 0 Å². The number of nitrogens with two attached hydrogens (primary N) is 1. The van der Waals surface area contributed by atoms with Crippen molar-refractivity contribution in [2.45, 2.75) is 25.9 Å². The fraction of sp³-hybridized carbons (Fsp3) is 0.308. The van der Waals surface area contributed by atoms with Crippen LogP contribution in [0.1, 0.15) is 30.6 Å². The molecule has 0 aliphatic heterocycles. The molecule has 1 unspecified atom stereocenters. The molecule has 7 heteroatoms. The van der Waals surface area contributed by atoms with Crippen LogP contribution >= 0.6 is 23.2 Å². The molecule has 0 saturated carbocycles. The molecule has 0 amide bonds. The molecule has 1 aromatic heterocycles. The van der Waals surface area contributed by atoms with Gasteiger partial charge in [0.1, 0.15) is 5.82 Å². The number of rotatable bonds is 5. The molecule has 3 N–H and O–H groups in total. The van der Waals surface area contributed by atoms with Gasteiger partial charge in [-0.25, -0.2) is 9.82 Å². The number of hydrazine groups is 1. The predicted molar refractivity (Wildman–Crippen MR) is 78.1 cm³/mol. The van der Waals surface area contributed by atoms with E-state index < -0.39 is 11.9 Å². The van der Waals surface area contributed by atoms with Gasteiger partial charge < -0.3 is 0 Å². The molecule has 0 bridgehead atoms. The van der Waals surface area contributed by atoms with Crippen LogP contribution in [0, 0.1) is 5.82 Å². The minimum atomic E-state index is -0.616. The maximum atomic E-state index is 14.0. The van der Waals surface area contributed by atoms with Gasteiger partial charge >= 0.3 is 0 Å². The number of nitrogens with zero attached hydrogens (tertiary/aromatic N) is 2. The molecule has 0 saturated heterocycles. The molecule has 0 spiro atoms. The number of hydrogen-bond donors (Lipinski definition) is 2. The minimum Gasteiger partial charge on any atom is -0.271 e.